The minimum absolute atomic E-state index is 0.0169. The molecular formula is C6H10O4. The van der Waals surface area contributed by atoms with Crippen LogP contribution in [0.1, 0.15) is 0 Å². The van der Waals surface area contributed by atoms with Crippen molar-refractivity contribution in [3.8, 4) is 0 Å². The Morgan fingerprint density at radius 2 is 2.40 bits per heavy atom. The van der Waals surface area contributed by atoms with Crippen LogP contribution >= 0.6 is 0 Å². The molecule has 0 aliphatic rings. The number of aliphatic hydroxyl groups excluding tert-OH is 1. The fourth-order valence-corrected chi connectivity index (χ4v) is 0.420. The lowest BCUT2D eigenvalue weighted by molar-refractivity contribution is -0.147. The van der Waals surface area contributed by atoms with Crippen molar-refractivity contribution < 1.29 is 19.7 Å². The average Bonchev–Trinajstić information content (AvgIpc) is 1.89. The number of carbonyl (C=O) groups is 1. The standard InChI is InChI=1S/C6H10O4/c1-2-5(6(8)9)10-4-3-7/h2,5,7H,1,3-4H2,(H,8,9). The second-order valence-electron chi connectivity index (χ2n) is 1.59. The number of carboxylic acid groups (broad SMARTS) is 1. The molecule has 0 saturated heterocycles. The number of rotatable bonds is 5. The molecule has 10 heavy (non-hydrogen) atoms. The van der Waals surface area contributed by atoms with Crippen molar-refractivity contribution in [2.24, 2.45) is 0 Å². The first-order valence-electron chi connectivity index (χ1n) is 2.80. The lowest BCUT2D eigenvalue weighted by atomic mass is 10.3. The van der Waals surface area contributed by atoms with E-state index in [-0.39, 0.29) is 13.2 Å². The molecule has 1 unspecified atom stereocenters. The minimum atomic E-state index is -1.09. The van der Waals surface area contributed by atoms with Gasteiger partial charge in [0.05, 0.1) is 13.2 Å². The van der Waals surface area contributed by atoms with Gasteiger partial charge in [-0.1, -0.05) is 12.7 Å². The first-order valence-corrected chi connectivity index (χ1v) is 2.80. The molecule has 58 valence electrons. The summed E-state index contributed by atoms with van der Waals surface area (Å²) in [6.07, 6.45) is 0.157. The summed E-state index contributed by atoms with van der Waals surface area (Å²) in [5, 5.41) is 16.6. The van der Waals surface area contributed by atoms with Gasteiger partial charge in [0, 0.05) is 0 Å². The van der Waals surface area contributed by atoms with Crippen LogP contribution in [-0.4, -0.2) is 35.5 Å². The van der Waals surface area contributed by atoms with Gasteiger partial charge in [-0.3, -0.25) is 0 Å². The number of carboxylic acids is 1. The van der Waals surface area contributed by atoms with Crippen LogP contribution in [0.15, 0.2) is 12.7 Å². The predicted molar refractivity (Wildman–Crippen MR) is 34.7 cm³/mol. The third-order valence-electron chi connectivity index (χ3n) is 0.846. The molecule has 0 rings (SSSR count). The molecule has 0 aromatic heterocycles. The highest BCUT2D eigenvalue weighted by molar-refractivity contribution is 5.74. The molecule has 2 N–H and O–H groups in total. The van der Waals surface area contributed by atoms with Crippen molar-refractivity contribution in [2.45, 2.75) is 6.10 Å². The summed E-state index contributed by atoms with van der Waals surface area (Å²) in [7, 11) is 0. The summed E-state index contributed by atoms with van der Waals surface area (Å²) in [5.74, 6) is -1.09. The highest BCUT2D eigenvalue weighted by Crippen LogP contribution is 1.91. The van der Waals surface area contributed by atoms with E-state index in [1.807, 2.05) is 0 Å². The molecule has 0 aromatic rings. The van der Waals surface area contributed by atoms with E-state index < -0.39 is 12.1 Å². The molecule has 4 heteroatoms. The number of hydrogen-bond donors (Lipinski definition) is 2. The quantitative estimate of drug-likeness (QED) is 0.519. The van der Waals surface area contributed by atoms with Gasteiger partial charge in [-0.15, -0.1) is 0 Å². The third-order valence-corrected chi connectivity index (χ3v) is 0.846. The molecule has 0 fully saturated rings. The number of aliphatic carboxylic acids is 1. The molecule has 0 amide bonds. The summed E-state index contributed by atoms with van der Waals surface area (Å²) < 4.78 is 4.63. The Morgan fingerprint density at radius 3 is 2.70 bits per heavy atom. The van der Waals surface area contributed by atoms with Gasteiger partial charge in [-0.25, -0.2) is 4.79 Å². The van der Waals surface area contributed by atoms with Crippen LogP contribution in [0.4, 0.5) is 0 Å². The zero-order valence-electron chi connectivity index (χ0n) is 5.49. The predicted octanol–water partition coefficient (Wildman–Crippen LogP) is -0.365. The molecule has 0 heterocycles. The fraction of sp³-hybridized carbons (Fsp3) is 0.500. The van der Waals surface area contributed by atoms with Crippen LogP contribution < -0.4 is 0 Å². The number of ether oxygens (including phenoxy) is 1. The molecule has 1 atom stereocenters. The van der Waals surface area contributed by atoms with Gasteiger partial charge in [-0.05, 0) is 0 Å². The van der Waals surface area contributed by atoms with Crippen molar-refractivity contribution in [2.75, 3.05) is 13.2 Å². The first kappa shape index (κ1) is 9.13. The van der Waals surface area contributed by atoms with Crippen LogP contribution in [0.25, 0.3) is 0 Å². The van der Waals surface area contributed by atoms with Gasteiger partial charge in [0.15, 0.2) is 6.10 Å². The normalized spacial score (nSPS) is 12.5. The van der Waals surface area contributed by atoms with Crippen LogP contribution in [0.3, 0.4) is 0 Å². The lowest BCUT2D eigenvalue weighted by Gasteiger charge is -2.06. The van der Waals surface area contributed by atoms with Crippen LogP contribution in [-0.2, 0) is 9.53 Å². The Labute approximate surface area is 58.7 Å². The van der Waals surface area contributed by atoms with E-state index in [9.17, 15) is 4.79 Å². The van der Waals surface area contributed by atoms with Gasteiger partial charge in [0.25, 0.3) is 0 Å². The Kier molecular flexibility index (Phi) is 4.53. The highest BCUT2D eigenvalue weighted by Gasteiger charge is 2.11. The minimum Gasteiger partial charge on any atom is -0.479 e. The molecule has 0 aromatic carbocycles. The monoisotopic (exact) mass is 146 g/mol. The van der Waals surface area contributed by atoms with E-state index >= 15 is 0 Å². The molecule has 4 nitrogen and oxygen atoms in total. The molecule has 0 saturated carbocycles. The molecular weight excluding hydrogens is 136 g/mol. The second kappa shape index (κ2) is 4.96. The van der Waals surface area contributed by atoms with Gasteiger partial charge in [0.2, 0.25) is 0 Å². The Bertz CT molecular complexity index is 121. The van der Waals surface area contributed by atoms with Gasteiger partial charge >= 0.3 is 5.97 Å². The molecule has 0 spiro atoms. The summed E-state index contributed by atoms with van der Waals surface area (Å²) in [6, 6.07) is 0. The summed E-state index contributed by atoms with van der Waals surface area (Å²) in [4.78, 5) is 10.2. The van der Waals surface area contributed by atoms with Gasteiger partial charge in [0.1, 0.15) is 0 Å². The first-order chi connectivity index (χ1) is 4.72. The molecule has 0 radical (unpaired) electrons. The Morgan fingerprint density at radius 1 is 1.80 bits per heavy atom. The van der Waals surface area contributed by atoms with Crippen LogP contribution in [0.2, 0.25) is 0 Å². The maximum atomic E-state index is 10.2. The highest BCUT2D eigenvalue weighted by atomic mass is 16.5. The van der Waals surface area contributed by atoms with Crippen LogP contribution in [0, 0.1) is 0 Å². The topological polar surface area (TPSA) is 66.8 Å². The van der Waals surface area contributed by atoms with E-state index in [2.05, 4.69) is 11.3 Å². The molecule has 0 bridgehead atoms. The summed E-state index contributed by atoms with van der Waals surface area (Å²) in [5.41, 5.74) is 0. The average molecular weight is 146 g/mol. The van der Waals surface area contributed by atoms with E-state index in [0.717, 1.165) is 6.08 Å². The zero-order valence-corrected chi connectivity index (χ0v) is 5.49. The maximum absolute atomic E-state index is 10.2. The van der Waals surface area contributed by atoms with Crippen molar-refractivity contribution in [3.63, 3.8) is 0 Å². The molecule has 0 aliphatic heterocycles. The summed E-state index contributed by atoms with van der Waals surface area (Å²) >= 11 is 0. The fourth-order valence-electron chi connectivity index (χ4n) is 0.420. The van der Waals surface area contributed by atoms with E-state index in [4.69, 9.17) is 10.2 Å². The Balaban J connectivity index is 3.60. The third kappa shape index (κ3) is 3.21. The van der Waals surface area contributed by atoms with Crippen molar-refractivity contribution >= 4 is 5.97 Å². The largest absolute Gasteiger partial charge is 0.479 e. The van der Waals surface area contributed by atoms with Crippen LogP contribution in [0.5, 0.6) is 0 Å². The van der Waals surface area contributed by atoms with Crippen molar-refractivity contribution in [3.05, 3.63) is 12.7 Å². The van der Waals surface area contributed by atoms with Crippen molar-refractivity contribution in [1.82, 2.24) is 0 Å². The van der Waals surface area contributed by atoms with E-state index in [1.165, 1.54) is 0 Å². The van der Waals surface area contributed by atoms with Gasteiger partial charge < -0.3 is 14.9 Å². The smallest absolute Gasteiger partial charge is 0.336 e. The Hall–Kier alpha value is -0.870. The van der Waals surface area contributed by atoms with E-state index in [0.29, 0.717) is 0 Å². The maximum Gasteiger partial charge on any atom is 0.336 e. The summed E-state index contributed by atoms with van der Waals surface area (Å²) in [6.45, 7) is 3.08. The SMILES string of the molecule is C=CC(OCCO)C(=O)O. The zero-order chi connectivity index (χ0) is 7.98. The van der Waals surface area contributed by atoms with E-state index in [1.54, 1.807) is 0 Å². The molecule has 0 aliphatic carbocycles. The number of hydrogen-bond acceptors (Lipinski definition) is 3. The number of aliphatic hydroxyl groups is 1. The van der Waals surface area contributed by atoms with Crippen molar-refractivity contribution in [1.29, 1.82) is 0 Å². The lowest BCUT2D eigenvalue weighted by Crippen LogP contribution is -2.22. The van der Waals surface area contributed by atoms with Gasteiger partial charge in [-0.2, -0.15) is 0 Å². The second-order valence-corrected chi connectivity index (χ2v) is 1.59.